The number of nitrogens with zero attached hydrogens (tertiary/aromatic N) is 1. The average molecular weight is 369 g/mol. The molecule has 0 fully saturated rings. The van der Waals surface area contributed by atoms with E-state index < -0.39 is 21.8 Å². The van der Waals surface area contributed by atoms with Crippen LogP contribution in [0.15, 0.2) is 34.0 Å². The second-order valence-electron chi connectivity index (χ2n) is 4.98. The second kappa shape index (κ2) is 6.57. The van der Waals surface area contributed by atoms with Gasteiger partial charge in [-0.3, -0.25) is 14.4 Å². The standard InChI is InChI=1S/C14H15N3O5S2/c1-8-12(23-14(20)17(8)3)13(19)15-10-4-6-11(7-5-10)24(21,22)16-9(2)18/h4-7H,1-3H3,(H,15,19)(H,16,18). The number of thiazole rings is 1. The number of hydrogen-bond acceptors (Lipinski definition) is 6. The number of amides is 2. The van der Waals surface area contributed by atoms with Crippen molar-refractivity contribution >= 4 is 38.9 Å². The Kier molecular flexibility index (Phi) is 4.90. The molecule has 0 aliphatic rings. The normalized spacial score (nSPS) is 11.1. The highest BCUT2D eigenvalue weighted by Gasteiger charge is 2.18. The number of hydrogen-bond donors (Lipinski definition) is 2. The first-order valence-corrected chi connectivity index (χ1v) is 9.03. The lowest BCUT2D eigenvalue weighted by Crippen LogP contribution is -2.28. The zero-order chi connectivity index (χ0) is 18.1. The molecule has 10 heteroatoms. The monoisotopic (exact) mass is 369 g/mol. The molecule has 24 heavy (non-hydrogen) atoms. The molecule has 8 nitrogen and oxygen atoms in total. The zero-order valence-corrected chi connectivity index (χ0v) is 14.7. The van der Waals surface area contributed by atoms with Crippen LogP contribution in [0.4, 0.5) is 5.69 Å². The van der Waals surface area contributed by atoms with E-state index in [1.807, 2.05) is 4.72 Å². The molecule has 0 aliphatic heterocycles. The first-order chi connectivity index (χ1) is 11.1. The minimum Gasteiger partial charge on any atom is -0.321 e. The molecule has 0 radical (unpaired) electrons. The Morgan fingerprint density at radius 1 is 1.17 bits per heavy atom. The summed E-state index contributed by atoms with van der Waals surface area (Å²) in [6.07, 6.45) is 0. The maximum absolute atomic E-state index is 12.2. The van der Waals surface area contributed by atoms with Crippen LogP contribution >= 0.6 is 11.3 Å². The molecule has 0 atom stereocenters. The van der Waals surface area contributed by atoms with Crippen molar-refractivity contribution in [3.63, 3.8) is 0 Å². The number of carbonyl (C=O) groups is 2. The van der Waals surface area contributed by atoms with Crippen LogP contribution in [-0.2, 0) is 21.9 Å². The molecule has 0 spiro atoms. The lowest BCUT2D eigenvalue weighted by molar-refractivity contribution is -0.117. The lowest BCUT2D eigenvalue weighted by Gasteiger charge is -2.07. The second-order valence-corrected chi connectivity index (χ2v) is 7.63. The maximum Gasteiger partial charge on any atom is 0.307 e. The first kappa shape index (κ1) is 17.9. The molecule has 1 aromatic carbocycles. The summed E-state index contributed by atoms with van der Waals surface area (Å²) in [6, 6.07) is 5.32. The summed E-state index contributed by atoms with van der Waals surface area (Å²) in [5.41, 5.74) is 0.914. The fourth-order valence-corrected chi connectivity index (χ4v) is 3.75. The molecule has 1 heterocycles. The molecule has 0 saturated carbocycles. The zero-order valence-electron chi connectivity index (χ0n) is 13.1. The van der Waals surface area contributed by atoms with Gasteiger partial charge in [0.2, 0.25) is 5.91 Å². The minimum absolute atomic E-state index is 0.101. The largest absolute Gasteiger partial charge is 0.321 e. The van der Waals surface area contributed by atoms with Gasteiger partial charge in [0.15, 0.2) is 0 Å². The van der Waals surface area contributed by atoms with Crippen LogP contribution in [-0.4, -0.2) is 24.8 Å². The minimum atomic E-state index is -3.92. The third-order valence-electron chi connectivity index (χ3n) is 3.20. The van der Waals surface area contributed by atoms with Crippen molar-refractivity contribution < 1.29 is 18.0 Å². The Balaban J connectivity index is 2.20. The lowest BCUT2D eigenvalue weighted by atomic mass is 10.3. The fraction of sp³-hybridized carbons (Fsp3) is 0.214. The van der Waals surface area contributed by atoms with Gasteiger partial charge in [0.1, 0.15) is 4.88 Å². The van der Waals surface area contributed by atoms with E-state index in [0.29, 0.717) is 11.4 Å². The quantitative estimate of drug-likeness (QED) is 0.829. The van der Waals surface area contributed by atoms with Gasteiger partial charge in [-0.25, -0.2) is 13.1 Å². The summed E-state index contributed by atoms with van der Waals surface area (Å²) in [6.45, 7) is 2.76. The topological polar surface area (TPSA) is 114 Å². The van der Waals surface area contributed by atoms with Gasteiger partial charge in [0.05, 0.1) is 4.90 Å². The molecule has 128 valence electrons. The molecule has 0 bridgehead atoms. The molecule has 2 N–H and O–H groups in total. The third-order valence-corrected chi connectivity index (χ3v) is 5.78. The average Bonchev–Trinajstić information content (AvgIpc) is 2.74. The van der Waals surface area contributed by atoms with Crippen molar-refractivity contribution in [2.24, 2.45) is 7.05 Å². The highest BCUT2D eigenvalue weighted by Crippen LogP contribution is 2.17. The van der Waals surface area contributed by atoms with Crippen molar-refractivity contribution in [2.75, 3.05) is 5.32 Å². The number of benzene rings is 1. The molecule has 2 rings (SSSR count). The number of anilines is 1. The van der Waals surface area contributed by atoms with E-state index in [1.165, 1.54) is 28.8 Å². The van der Waals surface area contributed by atoms with Crippen LogP contribution in [0.2, 0.25) is 0 Å². The Bertz CT molecular complexity index is 955. The van der Waals surface area contributed by atoms with Crippen LogP contribution in [0.5, 0.6) is 0 Å². The summed E-state index contributed by atoms with van der Waals surface area (Å²) < 4.78 is 26.9. The van der Waals surface area contributed by atoms with E-state index >= 15 is 0 Å². The van der Waals surface area contributed by atoms with Crippen molar-refractivity contribution in [3.05, 3.63) is 44.5 Å². The van der Waals surface area contributed by atoms with Crippen molar-refractivity contribution in [1.82, 2.24) is 9.29 Å². The molecule has 0 aliphatic carbocycles. The van der Waals surface area contributed by atoms with Crippen LogP contribution in [0.1, 0.15) is 22.3 Å². The highest BCUT2D eigenvalue weighted by atomic mass is 32.2. The van der Waals surface area contributed by atoms with E-state index in [-0.39, 0.29) is 14.6 Å². The van der Waals surface area contributed by atoms with E-state index in [0.717, 1.165) is 18.3 Å². The molecule has 2 amide bonds. The predicted octanol–water partition coefficient (Wildman–Crippen LogP) is 0.832. The number of rotatable bonds is 4. The first-order valence-electron chi connectivity index (χ1n) is 6.73. The van der Waals surface area contributed by atoms with E-state index in [2.05, 4.69) is 5.32 Å². The van der Waals surface area contributed by atoms with Gasteiger partial charge in [-0.1, -0.05) is 11.3 Å². The number of aromatic nitrogens is 1. The van der Waals surface area contributed by atoms with Crippen molar-refractivity contribution in [3.8, 4) is 0 Å². The molecular weight excluding hydrogens is 354 g/mol. The maximum atomic E-state index is 12.2. The van der Waals surface area contributed by atoms with Crippen LogP contribution in [0, 0.1) is 6.92 Å². The van der Waals surface area contributed by atoms with Gasteiger partial charge in [-0.05, 0) is 31.2 Å². The van der Waals surface area contributed by atoms with Gasteiger partial charge in [-0.2, -0.15) is 0 Å². The van der Waals surface area contributed by atoms with Crippen LogP contribution in [0.25, 0.3) is 0 Å². The Labute approximate surface area is 142 Å². The summed E-state index contributed by atoms with van der Waals surface area (Å²) in [5.74, 6) is -1.14. The molecular formula is C14H15N3O5S2. The Morgan fingerprint density at radius 2 is 1.75 bits per heavy atom. The van der Waals surface area contributed by atoms with Gasteiger partial charge in [0.25, 0.3) is 15.9 Å². The molecule has 1 aromatic heterocycles. The van der Waals surface area contributed by atoms with Gasteiger partial charge < -0.3 is 9.88 Å². The van der Waals surface area contributed by atoms with Crippen LogP contribution in [0.3, 0.4) is 0 Å². The number of nitrogens with one attached hydrogen (secondary N) is 2. The molecule has 2 aromatic rings. The third kappa shape index (κ3) is 3.71. The van der Waals surface area contributed by atoms with Gasteiger partial charge in [-0.15, -0.1) is 0 Å². The summed E-state index contributed by atoms with van der Waals surface area (Å²) in [4.78, 5) is 34.6. The summed E-state index contributed by atoms with van der Waals surface area (Å²) in [5, 5.41) is 2.60. The number of carbonyl (C=O) groups excluding carboxylic acids is 2. The van der Waals surface area contributed by atoms with E-state index in [4.69, 9.17) is 0 Å². The van der Waals surface area contributed by atoms with Crippen LogP contribution < -0.4 is 14.9 Å². The Morgan fingerprint density at radius 3 is 2.21 bits per heavy atom. The molecule has 0 saturated heterocycles. The fourth-order valence-electron chi connectivity index (χ4n) is 1.88. The molecule has 0 unspecified atom stereocenters. The van der Waals surface area contributed by atoms with Crippen molar-refractivity contribution in [2.45, 2.75) is 18.7 Å². The Hall–Kier alpha value is -2.46. The summed E-state index contributed by atoms with van der Waals surface area (Å²) >= 11 is 0.835. The number of sulfonamides is 1. The van der Waals surface area contributed by atoms with E-state index in [9.17, 15) is 22.8 Å². The highest BCUT2D eigenvalue weighted by molar-refractivity contribution is 7.90. The smallest absolute Gasteiger partial charge is 0.307 e. The van der Waals surface area contributed by atoms with Crippen molar-refractivity contribution in [1.29, 1.82) is 0 Å². The van der Waals surface area contributed by atoms with Gasteiger partial charge in [0, 0.05) is 25.4 Å². The predicted molar refractivity (Wildman–Crippen MR) is 89.7 cm³/mol. The SMILES string of the molecule is CC(=O)NS(=O)(=O)c1ccc(NC(=O)c2sc(=O)n(C)c2C)cc1. The van der Waals surface area contributed by atoms with Gasteiger partial charge >= 0.3 is 4.87 Å². The summed E-state index contributed by atoms with van der Waals surface area (Å²) in [7, 11) is -2.34. The van der Waals surface area contributed by atoms with E-state index in [1.54, 1.807) is 14.0 Å².